The van der Waals surface area contributed by atoms with Crippen molar-refractivity contribution in [1.29, 1.82) is 0 Å². The quantitative estimate of drug-likeness (QED) is 0.149. The molecule has 1 saturated heterocycles. The van der Waals surface area contributed by atoms with E-state index in [0.717, 1.165) is 15.9 Å². The fraction of sp³-hybridized carbons (Fsp3) is 0.591. The molecule has 1 saturated carbocycles. The number of benzene rings is 1. The van der Waals surface area contributed by atoms with E-state index in [-0.39, 0.29) is 44.1 Å². The lowest BCUT2D eigenvalue weighted by Gasteiger charge is -2.34. The van der Waals surface area contributed by atoms with Crippen LogP contribution in [-0.2, 0) is 29.1 Å². The van der Waals surface area contributed by atoms with Crippen molar-refractivity contribution in [2.75, 3.05) is 38.3 Å². The summed E-state index contributed by atoms with van der Waals surface area (Å²) in [4.78, 5) is 66.7. The number of alkyl carbamates (subject to hydrolysis) is 1. The molecule has 63 heavy (non-hydrogen) atoms. The maximum Gasteiger partial charge on any atom is 0.408 e. The van der Waals surface area contributed by atoms with Gasteiger partial charge in [0.15, 0.2) is 5.13 Å². The Balaban J connectivity index is 1.33. The SMILES string of the molecule is CCS(=O)(=O)N(C)C[C@@H](OC(=O)N[C@H]1CCCCC/C=C\C2C[C@@]2(C(=O)O)NC(=O)[C@@H]2C[C@@H](Oc3cc(-c4csc(NC(C)C)n4)nc4cc(OC)ccc34)CN2C1=O)C(C)(C)C. The Hall–Kier alpha value is -5.01. The van der Waals surface area contributed by atoms with Crippen molar-refractivity contribution >= 4 is 61.3 Å². The minimum atomic E-state index is -3.59. The Morgan fingerprint density at radius 1 is 1.13 bits per heavy atom. The lowest BCUT2D eigenvalue weighted by atomic mass is 9.89. The number of thiazole rings is 1. The molecular formula is C44H61N7O10S2. The third kappa shape index (κ3) is 11.2. The van der Waals surface area contributed by atoms with Crippen LogP contribution in [0.15, 0.2) is 41.8 Å². The van der Waals surface area contributed by atoms with Crippen LogP contribution in [0.5, 0.6) is 11.5 Å². The van der Waals surface area contributed by atoms with E-state index in [0.29, 0.717) is 53.1 Å². The number of carbonyl (C=O) groups excluding carboxylic acids is 3. The molecule has 1 aliphatic carbocycles. The second-order valence-corrected chi connectivity index (χ2v) is 21.2. The highest BCUT2D eigenvalue weighted by molar-refractivity contribution is 7.89. The number of ether oxygens (including phenoxy) is 3. The van der Waals surface area contributed by atoms with Gasteiger partial charge in [0.25, 0.3) is 0 Å². The third-order valence-electron chi connectivity index (χ3n) is 11.8. The number of aliphatic carboxylic acids is 1. The first kappa shape index (κ1) is 47.5. The highest BCUT2D eigenvalue weighted by Gasteiger charge is 2.61. The maximum atomic E-state index is 14.8. The molecular weight excluding hydrogens is 851 g/mol. The number of nitrogens with zero attached hydrogens (tertiary/aromatic N) is 4. The summed E-state index contributed by atoms with van der Waals surface area (Å²) in [6, 6.07) is 5.04. The van der Waals surface area contributed by atoms with Crippen molar-refractivity contribution < 1.29 is 46.9 Å². The van der Waals surface area contributed by atoms with Gasteiger partial charge < -0.3 is 40.2 Å². The first-order chi connectivity index (χ1) is 29.7. The first-order valence-corrected chi connectivity index (χ1v) is 24.0. The molecule has 2 aromatic heterocycles. The molecule has 2 aliphatic heterocycles. The van der Waals surface area contributed by atoms with Crippen LogP contribution in [0.1, 0.15) is 86.5 Å². The van der Waals surface area contributed by atoms with E-state index in [1.54, 1.807) is 25.3 Å². The van der Waals surface area contributed by atoms with Gasteiger partial charge >= 0.3 is 12.1 Å². The monoisotopic (exact) mass is 911 g/mol. The maximum absolute atomic E-state index is 14.8. The molecule has 0 bridgehead atoms. The summed E-state index contributed by atoms with van der Waals surface area (Å²) in [5.74, 6) is -1.88. The number of aromatic nitrogens is 2. The van der Waals surface area contributed by atoms with Gasteiger partial charge in [0.1, 0.15) is 47.0 Å². The highest BCUT2D eigenvalue weighted by atomic mass is 32.2. The molecule has 4 heterocycles. The van der Waals surface area contributed by atoms with E-state index in [1.807, 2.05) is 58.2 Å². The number of pyridine rings is 1. The van der Waals surface area contributed by atoms with Crippen LogP contribution in [0.2, 0.25) is 0 Å². The molecule has 3 amide bonds. The number of anilines is 1. The third-order valence-corrected chi connectivity index (χ3v) is 14.4. The molecule has 0 spiro atoms. The molecule has 1 aromatic carbocycles. The van der Waals surface area contributed by atoms with Gasteiger partial charge in [0.2, 0.25) is 21.8 Å². The van der Waals surface area contributed by atoms with Crippen LogP contribution in [0.25, 0.3) is 22.3 Å². The number of nitrogens with one attached hydrogen (secondary N) is 3. The van der Waals surface area contributed by atoms with Crippen LogP contribution in [0.4, 0.5) is 9.93 Å². The van der Waals surface area contributed by atoms with Gasteiger partial charge in [0.05, 0.1) is 37.2 Å². The number of allylic oxidation sites excluding steroid dienone is 1. The Morgan fingerprint density at radius 3 is 2.57 bits per heavy atom. The number of hydrogen-bond acceptors (Lipinski definition) is 13. The van der Waals surface area contributed by atoms with E-state index < -0.39 is 75.1 Å². The molecule has 344 valence electrons. The van der Waals surface area contributed by atoms with Crippen LogP contribution >= 0.6 is 11.3 Å². The van der Waals surface area contributed by atoms with Crippen molar-refractivity contribution in [3.63, 3.8) is 0 Å². The largest absolute Gasteiger partial charge is 0.497 e. The second-order valence-electron chi connectivity index (χ2n) is 18.0. The minimum absolute atomic E-state index is 0.0176. The number of methoxy groups -OCH3 is 1. The van der Waals surface area contributed by atoms with E-state index in [2.05, 4.69) is 16.0 Å². The summed E-state index contributed by atoms with van der Waals surface area (Å²) in [6.07, 6.45) is 4.41. The zero-order valence-corrected chi connectivity index (χ0v) is 38.9. The number of fused-ring (bicyclic) bond motifs is 3. The van der Waals surface area contributed by atoms with Gasteiger partial charge in [-0.05, 0) is 58.6 Å². The fourth-order valence-corrected chi connectivity index (χ4v) is 9.58. The number of amides is 3. The number of likely N-dealkylation sites (N-methyl/N-ethyl adjacent to an activating group) is 1. The van der Waals surface area contributed by atoms with Crippen molar-refractivity contribution in [3.8, 4) is 22.9 Å². The van der Waals surface area contributed by atoms with Crippen molar-refractivity contribution in [3.05, 3.63) is 41.8 Å². The first-order valence-electron chi connectivity index (χ1n) is 21.6. The number of carbonyl (C=O) groups is 4. The van der Waals surface area contributed by atoms with E-state index in [4.69, 9.17) is 24.2 Å². The standard InChI is InChI=1S/C44H61N7O10S2/c1-9-63(57,58)50(7)24-37(43(4,5)6)61-42(56)48-31-16-14-12-10-11-13-15-27-22-44(27,40(54)55)49-38(52)35-20-29(23-51(35)39(31)53)60-36-21-33(34-25-62-41(47-34)45-26(2)3)46-32-19-28(59-8)17-18-30(32)36/h13,15,17-19,21,25-27,29,31,35,37H,9-12,14,16,20,22-24H2,1-8H3,(H,45,47)(H,48,56)(H,49,52)(H,54,55)/b15-13-/t27?,29-,31+,35+,37-,44-/m1/s1. The number of carboxylic acid groups (broad SMARTS) is 1. The van der Waals surface area contributed by atoms with Gasteiger partial charge in [-0.15, -0.1) is 11.3 Å². The van der Waals surface area contributed by atoms with Gasteiger partial charge in [-0.25, -0.2) is 32.3 Å². The van der Waals surface area contributed by atoms with Crippen molar-refractivity contribution in [2.45, 2.75) is 122 Å². The number of sulfonamides is 1. The lowest BCUT2D eigenvalue weighted by molar-refractivity contribution is -0.145. The molecule has 17 nitrogen and oxygen atoms in total. The Labute approximate surface area is 373 Å². The van der Waals surface area contributed by atoms with Crippen LogP contribution in [0.3, 0.4) is 0 Å². The van der Waals surface area contributed by atoms with E-state index in [9.17, 15) is 32.7 Å². The molecule has 3 aromatic rings. The van der Waals surface area contributed by atoms with Gasteiger partial charge in [0, 0.05) is 53.7 Å². The van der Waals surface area contributed by atoms with Crippen LogP contribution in [-0.4, -0.2) is 125 Å². The smallest absolute Gasteiger partial charge is 0.408 e. The predicted molar refractivity (Wildman–Crippen MR) is 240 cm³/mol. The van der Waals surface area contributed by atoms with Gasteiger partial charge in [-0.1, -0.05) is 45.8 Å². The molecule has 19 heteroatoms. The summed E-state index contributed by atoms with van der Waals surface area (Å²) < 4.78 is 44.6. The molecule has 6 atom stereocenters. The number of carboxylic acids is 1. The average molecular weight is 912 g/mol. The number of rotatable bonds is 13. The molecule has 4 N–H and O–H groups in total. The average Bonchev–Trinajstić information content (AvgIpc) is 3.49. The summed E-state index contributed by atoms with van der Waals surface area (Å²) in [6.45, 7) is 10.9. The Kier molecular flexibility index (Phi) is 14.6. The summed E-state index contributed by atoms with van der Waals surface area (Å²) >= 11 is 1.44. The van der Waals surface area contributed by atoms with Crippen molar-refractivity contribution in [2.24, 2.45) is 11.3 Å². The fourth-order valence-electron chi connectivity index (χ4n) is 7.92. The minimum Gasteiger partial charge on any atom is -0.497 e. The molecule has 0 radical (unpaired) electrons. The predicted octanol–water partition coefficient (Wildman–Crippen LogP) is 5.81. The highest BCUT2D eigenvalue weighted by Crippen LogP contribution is 2.45. The summed E-state index contributed by atoms with van der Waals surface area (Å²) in [5, 5.41) is 22.5. The molecule has 6 rings (SSSR count). The molecule has 3 aliphatic rings. The van der Waals surface area contributed by atoms with E-state index in [1.165, 1.54) is 30.2 Å². The molecule has 2 fully saturated rings. The summed E-state index contributed by atoms with van der Waals surface area (Å²) in [7, 11) is -0.598. The van der Waals surface area contributed by atoms with Gasteiger partial charge in [-0.2, -0.15) is 0 Å². The second kappa shape index (κ2) is 19.4. The summed E-state index contributed by atoms with van der Waals surface area (Å²) in [5.41, 5.74) is -0.471. The topological polar surface area (TPSA) is 219 Å². The Morgan fingerprint density at radius 2 is 1.89 bits per heavy atom. The van der Waals surface area contributed by atoms with Crippen molar-refractivity contribution in [1.82, 2.24) is 29.8 Å². The zero-order chi connectivity index (χ0) is 45.9. The van der Waals surface area contributed by atoms with Crippen LogP contribution in [0, 0.1) is 11.3 Å². The number of hydrogen-bond donors (Lipinski definition) is 4. The van der Waals surface area contributed by atoms with Crippen LogP contribution < -0.4 is 25.4 Å². The molecule has 1 unspecified atom stereocenters. The Bertz CT molecular complexity index is 2310. The normalized spacial score (nSPS) is 24.4. The zero-order valence-electron chi connectivity index (χ0n) is 37.3. The van der Waals surface area contributed by atoms with Gasteiger partial charge in [-0.3, -0.25) is 9.59 Å². The lowest BCUT2D eigenvalue weighted by Crippen LogP contribution is -2.56. The van der Waals surface area contributed by atoms with E-state index >= 15 is 0 Å².